The van der Waals surface area contributed by atoms with Gasteiger partial charge in [-0.05, 0) is 49.1 Å². The van der Waals surface area contributed by atoms with Gasteiger partial charge >= 0.3 is 5.97 Å². The normalized spacial score (nSPS) is 12.5. The minimum Gasteiger partial charge on any atom is -0.497 e. The fraction of sp³-hybridized carbons (Fsp3) is 0.316. The second-order valence-corrected chi connectivity index (χ2v) is 7.90. The maximum Gasteiger partial charge on any atom is 0.307 e. The van der Waals surface area contributed by atoms with E-state index in [9.17, 15) is 18.3 Å². The van der Waals surface area contributed by atoms with E-state index in [0.717, 1.165) is 12.0 Å². The van der Waals surface area contributed by atoms with Gasteiger partial charge in [-0.25, -0.2) is 8.42 Å². The van der Waals surface area contributed by atoms with Crippen molar-refractivity contribution >= 4 is 15.8 Å². The third kappa shape index (κ3) is 5.60. The Labute approximate surface area is 148 Å². The fourth-order valence-corrected chi connectivity index (χ4v) is 4.20. The van der Waals surface area contributed by atoms with E-state index in [1.165, 1.54) is 19.2 Å². The molecule has 0 amide bonds. The Morgan fingerprint density at radius 3 is 2.28 bits per heavy atom. The fourth-order valence-electron chi connectivity index (χ4n) is 2.62. The number of carbonyl (C=O) groups is 1. The van der Waals surface area contributed by atoms with Crippen LogP contribution in [0.25, 0.3) is 0 Å². The van der Waals surface area contributed by atoms with E-state index in [1.54, 1.807) is 12.1 Å². The lowest BCUT2D eigenvalue weighted by Crippen LogP contribution is -2.24. The van der Waals surface area contributed by atoms with Gasteiger partial charge in [-0.2, -0.15) is 0 Å². The summed E-state index contributed by atoms with van der Waals surface area (Å²) in [5.41, 5.74) is 1.12. The molecule has 1 N–H and O–H groups in total. The van der Waals surface area contributed by atoms with E-state index in [1.807, 2.05) is 30.3 Å². The standard InChI is InChI=1S/C19H22O5S/c1-24-17-10-12-18(13-11-17)25(22,23)14-16(19(20)21)9-5-8-15-6-3-2-4-7-15/h2-4,6-7,10-13,16H,5,8-9,14H2,1H3,(H,20,21). The number of sulfone groups is 1. The summed E-state index contributed by atoms with van der Waals surface area (Å²) in [6, 6.07) is 15.7. The number of hydrogen-bond acceptors (Lipinski definition) is 4. The molecule has 2 aromatic carbocycles. The summed E-state index contributed by atoms with van der Waals surface area (Å²) in [4.78, 5) is 11.6. The van der Waals surface area contributed by atoms with Crippen LogP contribution in [0.5, 0.6) is 5.75 Å². The molecule has 1 unspecified atom stereocenters. The largest absolute Gasteiger partial charge is 0.497 e. The molecule has 0 aromatic heterocycles. The van der Waals surface area contributed by atoms with E-state index in [0.29, 0.717) is 18.6 Å². The molecule has 0 aliphatic rings. The number of carboxylic acid groups (broad SMARTS) is 1. The summed E-state index contributed by atoms with van der Waals surface area (Å²) in [5.74, 6) is -1.85. The monoisotopic (exact) mass is 362 g/mol. The number of methoxy groups -OCH3 is 1. The maximum absolute atomic E-state index is 12.5. The SMILES string of the molecule is COc1ccc(S(=O)(=O)CC(CCCc2ccccc2)C(=O)O)cc1. The minimum absolute atomic E-state index is 0.114. The van der Waals surface area contributed by atoms with Crippen LogP contribution in [0, 0.1) is 5.92 Å². The second-order valence-electron chi connectivity index (χ2n) is 5.87. The topological polar surface area (TPSA) is 80.7 Å². The summed E-state index contributed by atoms with van der Waals surface area (Å²) >= 11 is 0. The molecule has 5 nitrogen and oxygen atoms in total. The number of ether oxygens (including phenoxy) is 1. The highest BCUT2D eigenvalue weighted by Gasteiger charge is 2.26. The molecule has 0 radical (unpaired) electrons. The average molecular weight is 362 g/mol. The van der Waals surface area contributed by atoms with Crippen molar-refractivity contribution in [3.05, 3.63) is 60.2 Å². The van der Waals surface area contributed by atoms with Gasteiger partial charge in [-0.15, -0.1) is 0 Å². The first-order valence-corrected chi connectivity index (χ1v) is 9.71. The second kappa shape index (κ2) is 8.67. The van der Waals surface area contributed by atoms with Gasteiger partial charge in [0.1, 0.15) is 5.75 Å². The summed E-state index contributed by atoms with van der Waals surface area (Å²) in [6.45, 7) is 0. The minimum atomic E-state index is -3.66. The van der Waals surface area contributed by atoms with Crippen LogP contribution in [0.1, 0.15) is 18.4 Å². The van der Waals surface area contributed by atoms with Crippen LogP contribution in [-0.2, 0) is 21.1 Å². The molecular weight excluding hydrogens is 340 g/mol. The molecule has 1 atom stereocenters. The number of aryl methyl sites for hydroxylation is 1. The van der Waals surface area contributed by atoms with E-state index in [2.05, 4.69) is 0 Å². The zero-order valence-corrected chi connectivity index (χ0v) is 14.9. The van der Waals surface area contributed by atoms with Crippen LogP contribution >= 0.6 is 0 Å². The lowest BCUT2D eigenvalue weighted by atomic mass is 10.0. The number of carboxylic acids is 1. The van der Waals surface area contributed by atoms with Crippen LogP contribution < -0.4 is 4.74 Å². The maximum atomic E-state index is 12.5. The van der Waals surface area contributed by atoms with E-state index < -0.39 is 27.5 Å². The van der Waals surface area contributed by atoms with Crippen LogP contribution in [0.15, 0.2) is 59.5 Å². The van der Waals surface area contributed by atoms with Crippen molar-refractivity contribution in [2.75, 3.05) is 12.9 Å². The Kier molecular flexibility index (Phi) is 6.58. The first-order valence-electron chi connectivity index (χ1n) is 8.06. The number of aliphatic carboxylic acids is 1. The molecule has 0 fully saturated rings. The highest BCUT2D eigenvalue weighted by molar-refractivity contribution is 7.91. The molecular formula is C19H22O5S. The van der Waals surface area contributed by atoms with Crippen molar-refractivity contribution in [3.63, 3.8) is 0 Å². The summed E-state index contributed by atoms with van der Waals surface area (Å²) in [7, 11) is -2.16. The Morgan fingerprint density at radius 2 is 1.72 bits per heavy atom. The lowest BCUT2D eigenvalue weighted by Gasteiger charge is -2.13. The third-order valence-electron chi connectivity index (χ3n) is 4.05. The average Bonchev–Trinajstić information content (AvgIpc) is 2.61. The van der Waals surface area contributed by atoms with Crippen molar-refractivity contribution in [2.24, 2.45) is 5.92 Å². The van der Waals surface area contributed by atoms with E-state index in [-0.39, 0.29) is 4.90 Å². The van der Waals surface area contributed by atoms with Gasteiger partial charge in [0.15, 0.2) is 9.84 Å². The highest BCUT2D eigenvalue weighted by Crippen LogP contribution is 2.21. The van der Waals surface area contributed by atoms with E-state index >= 15 is 0 Å². The van der Waals surface area contributed by atoms with Crippen molar-refractivity contribution in [3.8, 4) is 5.75 Å². The molecule has 0 spiro atoms. The smallest absolute Gasteiger partial charge is 0.307 e. The Morgan fingerprint density at radius 1 is 1.08 bits per heavy atom. The number of rotatable bonds is 9. The summed E-state index contributed by atoms with van der Waals surface area (Å²) < 4.78 is 30.0. The zero-order chi connectivity index (χ0) is 18.3. The van der Waals surface area contributed by atoms with Crippen molar-refractivity contribution in [1.82, 2.24) is 0 Å². The van der Waals surface area contributed by atoms with Gasteiger partial charge in [0.2, 0.25) is 0 Å². The van der Waals surface area contributed by atoms with Gasteiger partial charge in [0, 0.05) is 0 Å². The lowest BCUT2D eigenvalue weighted by molar-refractivity contribution is -0.141. The quantitative estimate of drug-likeness (QED) is 0.741. The van der Waals surface area contributed by atoms with Crippen LogP contribution in [-0.4, -0.2) is 32.4 Å². The van der Waals surface area contributed by atoms with Crippen LogP contribution in [0.2, 0.25) is 0 Å². The number of hydrogen-bond donors (Lipinski definition) is 1. The summed E-state index contributed by atoms with van der Waals surface area (Å²) in [6.07, 6.45) is 1.67. The van der Waals surface area contributed by atoms with Crippen molar-refractivity contribution in [1.29, 1.82) is 0 Å². The molecule has 6 heteroatoms. The molecule has 0 aliphatic carbocycles. The Hall–Kier alpha value is -2.34. The molecule has 0 saturated carbocycles. The Bertz CT molecular complexity index is 782. The van der Waals surface area contributed by atoms with Gasteiger partial charge < -0.3 is 9.84 Å². The highest BCUT2D eigenvalue weighted by atomic mass is 32.2. The molecule has 0 aliphatic heterocycles. The molecule has 0 heterocycles. The third-order valence-corrected chi connectivity index (χ3v) is 5.88. The molecule has 2 rings (SSSR count). The number of benzene rings is 2. The van der Waals surface area contributed by atoms with Crippen molar-refractivity contribution in [2.45, 2.75) is 24.2 Å². The Balaban J connectivity index is 2.00. The predicted molar refractivity (Wildman–Crippen MR) is 95.6 cm³/mol. The molecule has 134 valence electrons. The van der Waals surface area contributed by atoms with Crippen LogP contribution in [0.4, 0.5) is 0 Å². The van der Waals surface area contributed by atoms with Crippen LogP contribution in [0.3, 0.4) is 0 Å². The van der Waals surface area contributed by atoms with Gasteiger partial charge in [0.25, 0.3) is 0 Å². The van der Waals surface area contributed by atoms with E-state index in [4.69, 9.17) is 4.74 Å². The van der Waals surface area contributed by atoms with Gasteiger partial charge in [0.05, 0.1) is 23.7 Å². The molecule has 0 bridgehead atoms. The van der Waals surface area contributed by atoms with Gasteiger partial charge in [-0.1, -0.05) is 30.3 Å². The molecule has 2 aromatic rings. The first kappa shape index (κ1) is 19.0. The van der Waals surface area contributed by atoms with Gasteiger partial charge in [-0.3, -0.25) is 4.79 Å². The van der Waals surface area contributed by atoms with Crippen molar-refractivity contribution < 1.29 is 23.1 Å². The molecule has 0 saturated heterocycles. The first-order chi connectivity index (χ1) is 11.9. The zero-order valence-electron chi connectivity index (χ0n) is 14.1. The predicted octanol–water partition coefficient (Wildman–Crippen LogP) is 3.19. The molecule has 25 heavy (non-hydrogen) atoms. The summed E-state index contributed by atoms with van der Waals surface area (Å²) in [5, 5.41) is 9.38.